The van der Waals surface area contributed by atoms with Gasteiger partial charge in [0.05, 0.1) is 5.92 Å². The van der Waals surface area contributed by atoms with Gasteiger partial charge in [0.15, 0.2) is 5.78 Å². The second-order valence-corrected chi connectivity index (χ2v) is 4.40. The van der Waals surface area contributed by atoms with Crippen molar-refractivity contribution in [2.45, 2.75) is 5.92 Å². The maximum atomic E-state index is 13.2. The molecule has 0 bridgehead atoms. The monoisotopic (exact) mass is 241 g/mol. The summed E-state index contributed by atoms with van der Waals surface area (Å²) in [5.41, 5.74) is 2.12. The SMILES string of the molecule is O=C1c2cc(F)ccc2NCC1c1ccccc1. The summed E-state index contributed by atoms with van der Waals surface area (Å²) in [7, 11) is 0. The molecule has 2 aromatic carbocycles. The molecule has 2 aromatic rings. The lowest BCUT2D eigenvalue weighted by atomic mass is 9.87. The average Bonchev–Trinajstić information content (AvgIpc) is 2.41. The Morgan fingerprint density at radius 3 is 2.67 bits per heavy atom. The first kappa shape index (κ1) is 11.0. The number of hydrogen-bond acceptors (Lipinski definition) is 2. The van der Waals surface area contributed by atoms with Crippen LogP contribution in [0, 0.1) is 5.82 Å². The highest BCUT2D eigenvalue weighted by molar-refractivity contribution is 6.07. The molecule has 1 aliphatic heterocycles. The molecule has 1 unspecified atom stereocenters. The molecular weight excluding hydrogens is 229 g/mol. The Labute approximate surface area is 104 Å². The molecular formula is C15H12FNO. The van der Waals surface area contributed by atoms with Crippen LogP contribution in [0.25, 0.3) is 0 Å². The van der Waals surface area contributed by atoms with Crippen molar-refractivity contribution < 1.29 is 9.18 Å². The fourth-order valence-electron chi connectivity index (χ4n) is 2.32. The number of anilines is 1. The highest BCUT2D eigenvalue weighted by Gasteiger charge is 2.28. The zero-order valence-corrected chi connectivity index (χ0v) is 9.69. The van der Waals surface area contributed by atoms with Crippen LogP contribution in [0.2, 0.25) is 0 Å². The lowest BCUT2D eigenvalue weighted by Gasteiger charge is -2.25. The van der Waals surface area contributed by atoms with E-state index in [4.69, 9.17) is 0 Å². The quantitative estimate of drug-likeness (QED) is 0.830. The van der Waals surface area contributed by atoms with E-state index in [9.17, 15) is 9.18 Å². The van der Waals surface area contributed by atoms with E-state index >= 15 is 0 Å². The van der Waals surface area contributed by atoms with Crippen molar-refractivity contribution in [3.63, 3.8) is 0 Å². The Kier molecular flexibility index (Phi) is 2.59. The summed E-state index contributed by atoms with van der Waals surface area (Å²) in [6, 6.07) is 13.9. The highest BCUT2D eigenvalue weighted by atomic mass is 19.1. The Morgan fingerprint density at radius 2 is 1.89 bits per heavy atom. The van der Waals surface area contributed by atoms with Crippen molar-refractivity contribution in [2.75, 3.05) is 11.9 Å². The maximum Gasteiger partial charge on any atom is 0.174 e. The first-order chi connectivity index (χ1) is 8.75. The van der Waals surface area contributed by atoms with Gasteiger partial charge < -0.3 is 5.32 Å². The number of nitrogens with one attached hydrogen (secondary N) is 1. The molecule has 0 spiro atoms. The molecule has 0 radical (unpaired) electrons. The van der Waals surface area contributed by atoms with Gasteiger partial charge >= 0.3 is 0 Å². The predicted octanol–water partition coefficient (Wildman–Crippen LogP) is 3.22. The molecule has 0 aliphatic carbocycles. The zero-order chi connectivity index (χ0) is 12.5. The van der Waals surface area contributed by atoms with E-state index in [1.165, 1.54) is 12.1 Å². The lowest BCUT2D eigenvalue weighted by Crippen LogP contribution is -2.27. The Hall–Kier alpha value is -2.16. The molecule has 1 aliphatic rings. The molecule has 0 aromatic heterocycles. The minimum Gasteiger partial charge on any atom is -0.383 e. The van der Waals surface area contributed by atoms with Crippen molar-refractivity contribution in [2.24, 2.45) is 0 Å². The number of ketones is 1. The van der Waals surface area contributed by atoms with E-state index in [2.05, 4.69) is 5.32 Å². The van der Waals surface area contributed by atoms with E-state index in [-0.39, 0.29) is 17.5 Å². The summed E-state index contributed by atoms with van der Waals surface area (Å²) >= 11 is 0. The van der Waals surface area contributed by atoms with Gasteiger partial charge in [-0.1, -0.05) is 30.3 Å². The minimum atomic E-state index is -0.377. The summed E-state index contributed by atoms with van der Waals surface area (Å²) in [6.07, 6.45) is 0. The first-order valence-electron chi connectivity index (χ1n) is 5.88. The molecule has 1 N–H and O–H groups in total. The Balaban J connectivity index is 2.02. The standard InChI is InChI=1S/C15H12FNO/c16-11-6-7-14-12(8-11)15(18)13(9-17-14)10-4-2-1-3-5-10/h1-8,13,17H,9H2. The molecule has 0 saturated heterocycles. The average molecular weight is 241 g/mol. The first-order valence-corrected chi connectivity index (χ1v) is 5.88. The van der Waals surface area contributed by atoms with Gasteiger partial charge in [0, 0.05) is 17.8 Å². The molecule has 1 atom stereocenters. The number of rotatable bonds is 1. The number of fused-ring (bicyclic) bond motifs is 1. The summed E-state index contributed by atoms with van der Waals surface area (Å²) in [5, 5.41) is 3.18. The van der Waals surface area contributed by atoms with Crippen LogP contribution in [0.1, 0.15) is 21.8 Å². The predicted molar refractivity (Wildman–Crippen MR) is 68.4 cm³/mol. The Bertz CT molecular complexity index is 595. The van der Waals surface area contributed by atoms with Crippen LogP contribution < -0.4 is 5.32 Å². The van der Waals surface area contributed by atoms with Crippen LogP contribution in [-0.2, 0) is 0 Å². The summed E-state index contributed by atoms with van der Waals surface area (Å²) < 4.78 is 13.2. The Morgan fingerprint density at radius 1 is 1.11 bits per heavy atom. The van der Waals surface area contributed by atoms with Crippen molar-refractivity contribution in [3.05, 3.63) is 65.5 Å². The summed E-state index contributed by atoms with van der Waals surface area (Å²) in [5.74, 6) is -0.632. The van der Waals surface area contributed by atoms with E-state index < -0.39 is 0 Å². The van der Waals surface area contributed by atoms with Crippen LogP contribution in [0.5, 0.6) is 0 Å². The minimum absolute atomic E-state index is 0.0190. The zero-order valence-electron chi connectivity index (χ0n) is 9.69. The van der Waals surface area contributed by atoms with Gasteiger partial charge in [-0.25, -0.2) is 4.39 Å². The van der Waals surface area contributed by atoms with E-state index in [0.29, 0.717) is 17.8 Å². The molecule has 18 heavy (non-hydrogen) atoms. The second kappa shape index (κ2) is 4.26. The van der Waals surface area contributed by atoms with Crippen LogP contribution in [0.4, 0.5) is 10.1 Å². The fourth-order valence-corrected chi connectivity index (χ4v) is 2.32. The summed E-state index contributed by atoms with van der Waals surface area (Å²) in [6.45, 7) is 0.557. The number of Topliss-reactive ketones (excluding diaryl/α,β-unsaturated/α-hetero) is 1. The number of carbonyl (C=O) groups excluding carboxylic acids is 1. The van der Waals surface area contributed by atoms with Gasteiger partial charge in [-0.3, -0.25) is 4.79 Å². The normalized spacial score (nSPS) is 18.1. The molecule has 0 amide bonds. The molecule has 0 saturated carbocycles. The van der Waals surface area contributed by atoms with E-state index in [0.717, 1.165) is 5.56 Å². The van der Waals surface area contributed by atoms with Gasteiger partial charge in [0.25, 0.3) is 0 Å². The van der Waals surface area contributed by atoms with Crippen molar-refractivity contribution in [1.29, 1.82) is 0 Å². The molecule has 2 nitrogen and oxygen atoms in total. The van der Waals surface area contributed by atoms with Crippen LogP contribution in [0.15, 0.2) is 48.5 Å². The third-order valence-electron chi connectivity index (χ3n) is 3.26. The molecule has 0 fully saturated rings. The topological polar surface area (TPSA) is 29.1 Å². The van der Waals surface area contributed by atoms with Crippen molar-refractivity contribution in [1.82, 2.24) is 0 Å². The third kappa shape index (κ3) is 1.78. The smallest absolute Gasteiger partial charge is 0.174 e. The number of benzene rings is 2. The summed E-state index contributed by atoms with van der Waals surface area (Å²) in [4.78, 5) is 12.4. The second-order valence-electron chi connectivity index (χ2n) is 4.40. The van der Waals surface area contributed by atoms with E-state index in [1.807, 2.05) is 30.3 Å². The lowest BCUT2D eigenvalue weighted by molar-refractivity contribution is 0.0960. The van der Waals surface area contributed by atoms with Crippen molar-refractivity contribution >= 4 is 11.5 Å². The van der Waals surface area contributed by atoms with Crippen LogP contribution in [-0.4, -0.2) is 12.3 Å². The van der Waals surface area contributed by atoms with E-state index in [1.54, 1.807) is 6.07 Å². The number of carbonyl (C=O) groups is 1. The van der Waals surface area contributed by atoms with Gasteiger partial charge in [-0.2, -0.15) is 0 Å². The molecule has 1 heterocycles. The maximum absolute atomic E-state index is 13.2. The largest absolute Gasteiger partial charge is 0.383 e. The molecule has 3 rings (SSSR count). The van der Waals surface area contributed by atoms with Crippen LogP contribution >= 0.6 is 0 Å². The fraction of sp³-hybridized carbons (Fsp3) is 0.133. The van der Waals surface area contributed by atoms with Gasteiger partial charge in [-0.15, -0.1) is 0 Å². The van der Waals surface area contributed by atoms with Gasteiger partial charge in [0.1, 0.15) is 5.82 Å². The van der Waals surface area contributed by atoms with Crippen molar-refractivity contribution in [3.8, 4) is 0 Å². The highest BCUT2D eigenvalue weighted by Crippen LogP contribution is 2.30. The van der Waals surface area contributed by atoms with Gasteiger partial charge in [0.2, 0.25) is 0 Å². The third-order valence-corrected chi connectivity index (χ3v) is 3.26. The number of hydrogen-bond donors (Lipinski definition) is 1. The van der Waals surface area contributed by atoms with Crippen LogP contribution in [0.3, 0.4) is 0 Å². The number of halogens is 1. The van der Waals surface area contributed by atoms with Gasteiger partial charge in [-0.05, 0) is 23.8 Å². The molecule has 90 valence electrons. The molecule has 3 heteroatoms.